The molecule has 2 aromatic rings. The maximum atomic E-state index is 12.2. The number of pyridine rings is 1. The summed E-state index contributed by atoms with van der Waals surface area (Å²) in [6.45, 7) is 1.61. The first-order valence-electron chi connectivity index (χ1n) is 5.78. The lowest BCUT2D eigenvalue weighted by molar-refractivity contribution is 0.0697. The highest BCUT2D eigenvalue weighted by atomic mass is 35.5. The van der Waals surface area contributed by atoms with Crippen LogP contribution in [0.3, 0.4) is 0 Å². The minimum Gasteiger partial charge on any atom is -0.478 e. The fourth-order valence-electron chi connectivity index (χ4n) is 1.68. The van der Waals surface area contributed by atoms with Crippen LogP contribution in [0.1, 0.15) is 15.9 Å². The highest BCUT2D eigenvalue weighted by Crippen LogP contribution is 2.24. The molecule has 0 aliphatic heterocycles. The second-order valence-corrected chi connectivity index (χ2v) is 6.24. The Bertz CT molecular complexity index is 806. The maximum absolute atomic E-state index is 12.2. The summed E-state index contributed by atoms with van der Waals surface area (Å²) in [7, 11) is -3.89. The second kappa shape index (κ2) is 5.71. The van der Waals surface area contributed by atoms with E-state index < -0.39 is 16.0 Å². The van der Waals surface area contributed by atoms with Crippen LogP contribution in [0.2, 0.25) is 5.15 Å². The molecule has 6 nitrogen and oxygen atoms in total. The normalized spacial score (nSPS) is 11.1. The Hall–Kier alpha value is -2.12. The number of carbonyl (C=O) groups is 1. The Morgan fingerprint density at radius 3 is 2.62 bits per heavy atom. The molecule has 0 saturated heterocycles. The summed E-state index contributed by atoms with van der Waals surface area (Å²) in [6.07, 6.45) is 1.38. The van der Waals surface area contributed by atoms with Gasteiger partial charge in [0.1, 0.15) is 10.0 Å². The van der Waals surface area contributed by atoms with Gasteiger partial charge in [0.15, 0.2) is 0 Å². The highest BCUT2D eigenvalue weighted by Gasteiger charge is 2.19. The first-order valence-corrected chi connectivity index (χ1v) is 7.64. The lowest BCUT2D eigenvalue weighted by Crippen LogP contribution is -2.15. The van der Waals surface area contributed by atoms with E-state index in [1.807, 2.05) is 0 Å². The fraction of sp³-hybridized carbons (Fsp3) is 0.0769. The molecule has 0 atom stereocenters. The summed E-state index contributed by atoms with van der Waals surface area (Å²) >= 11 is 5.77. The maximum Gasteiger partial charge on any atom is 0.335 e. The summed E-state index contributed by atoms with van der Waals surface area (Å²) in [5.41, 5.74) is 0.841. The van der Waals surface area contributed by atoms with Gasteiger partial charge in [-0.15, -0.1) is 0 Å². The Morgan fingerprint density at radius 1 is 1.33 bits per heavy atom. The molecule has 110 valence electrons. The van der Waals surface area contributed by atoms with Crippen LogP contribution in [0.4, 0.5) is 5.69 Å². The Kier molecular flexibility index (Phi) is 4.15. The molecule has 0 radical (unpaired) electrons. The Balaban J connectivity index is 2.38. The average molecular weight is 327 g/mol. The molecular formula is C13H11ClN2O4S. The van der Waals surface area contributed by atoms with Crippen LogP contribution in [-0.4, -0.2) is 24.5 Å². The number of nitrogens with one attached hydrogen (secondary N) is 1. The third kappa shape index (κ3) is 3.32. The summed E-state index contributed by atoms with van der Waals surface area (Å²) in [6, 6.07) is 6.88. The zero-order valence-electron chi connectivity index (χ0n) is 10.9. The molecule has 0 fully saturated rings. The third-order valence-electron chi connectivity index (χ3n) is 2.73. The van der Waals surface area contributed by atoms with Crippen molar-refractivity contribution in [3.63, 3.8) is 0 Å². The van der Waals surface area contributed by atoms with Crippen molar-refractivity contribution in [2.75, 3.05) is 4.72 Å². The van der Waals surface area contributed by atoms with Crippen molar-refractivity contribution < 1.29 is 18.3 Å². The number of halogens is 1. The van der Waals surface area contributed by atoms with Gasteiger partial charge in [0.25, 0.3) is 10.0 Å². The molecule has 1 aromatic heterocycles. The monoisotopic (exact) mass is 326 g/mol. The van der Waals surface area contributed by atoms with Gasteiger partial charge in [0.05, 0.1) is 11.3 Å². The highest BCUT2D eigenvalue weighted by molar-refractivity contribution is 7.92. The first kappa shape index (κ1) is 15.3. The summed E-state index contributed by atoms with van der Waals surface area (Å²) in [4.78, 5) is 14.4. The molecule has 2 rings (SSSR count). The van der Waals surface area contributed by atoms with E-state index in [-0.39, 0.29) is 21.3 Å². The number of rotatable bonds is 4. The quantitative estimate of drug-likeness (QED) is 0.842. The smallest absolute Gasteiger partial charge is 0.335 e. The van der Waals surface area contributed by atoms with E-state index in [9.17, 15) is 13.2 Å². The number of hydrogen-bond donors (Lipinski definition) is 2. The van der Waals surface area contributed by atoms with Gasteiger partial charge in [-0.1, -0.05) is 11.6 Å². The summed E-state index contributed by atoms with van der Waals surface area (Å²) in [5, 5.41) is 8.75. The number of nitrogens with zero attached hydrogens (tertiary/aromatic N) is 1. The van der Waals surface area contributed by atoms with Gasteiger partial charge in [-0.3, -0.25) is 4.72 Å². The zero-order valence-corrected chi connectivity index (χ0v) is 12.4. The van der Waals surface area contributed by atoms with Crippen molar-refractivity contribution in [1.82, 2.24) is 4.98 Å². The molecule has 0 unspecified atom stereocenters. The predicted octanol–water partition coefficient (Wildman–Crippen LogP) is 2.54. The number of carboxylic acid groups (broad SMARTS) is 1. The number of benzene rings is 1. The molecule has 0 amide bonds. The van der Waals surface area contributed by atoms with E-state index in [1.54, 1.807) is 6.92 Å². The van der Waals surface area contributed by atoms with Crippen molar-refractivity contribution in [3.05, 3.63) is 52.8 Å². The van der Waals surface area contributed by atoms with Gasteiger partial charge in [-0.05, 0) is 42.8 Å². The number of anilines is 1. The van der Waals surface area contributed by atoms with Gasteiger partial charge in [0, 0.05) is 6.20 Å². The number of carboxylic acids is 1. The molecule has 1 aromatic carbocycles. The molecule has 8 heteroatoms. The minimum absolute atomic E-state index is 0.0786. The van der Waals surface area contributed by atoms with Gasteiger partial charge >= 0.3 is 5.97 Å². The zero-order chi connectivity index (χ0) is 15.6. The van der Waals surface area contributed by atoms with Gasteiger partial charge < -0.3 is 5.11 Å². The molecule has 0 bridgehead atoms. The number of sulfonamides is 1. The van der Waals surface area contributed by atoms with E-state index in [4.69, 9.17) is 16.7 Å². The number of aromatic nitrogens is 1. The standard InChI is InChI=1S/C13H11ClN2O4S/c1-8-7-9(13(17)18)4-5-10(8)16-21(19,20)11-3-2-6-15-12(11)14/h2-7,16H,1H3,(H,17,18). The van der Waals surface area contributed by atoms with Crippen LogP contribution >= 0.6 is 11.6 Å². The van der Waals surface area contributed by atoms with Crippen LogP contribution in [0.5, 0.6) is 0 Å². The number of hydrogen-bond acceptors (Lipinski definition) is 4. The van der Waals surface area contributed by atoms with Crippen molar-refractivity contribution in [2.24, 2.45) is 0 Å². The van der Waals surface area contributed by atoms with Crippen molar-refractivity contribution in [2.45, 2.75) is 11.8 Å². The van der Waals surface area contributed by atoms with Crippen molar-refractivity contribution in [1.29, 1.82) is 0 Å². The van der Waals surface area contributed by atoms with Crippen LogP contribution in [0.25, 0.3) is 0 Å². The van der Waals surface area contributed by atoms with E-state index in [1.165, 1.54) is 36.5 Å². The summed E-state index contributed by atoms with van der Waals surface area (Å²) in [5.74, 6) is -1.08. The largest absolute Gasteiger partial charge is 0.478 e. The molecular weight excluding hydrogens is 316 g/mol. The van der Waals surface area contributed by atoms with Gasteiger partial charge in [-0.2, -0.15) is 0 Å². The van der Waals surface area contributed by atoms with Crippen molar-refractivity contribution in [3.8, 4) is 0 Å². The SMILES string of the molecule is Cc1cc(C(=O)O)ccc1NS(=O)(=O)c1cccnc1Cl. The molecule has 21 heavy (non-hydrogen) atoms. The van der Waals surface area contributed by atoms with Crippen LogP contribution < -0.4 is 4.72 Å². The molecule has 2 N–H and O–H groups in total. The fourth-order valence-corrected chi connectivity index (χ4v) is 3.27. The average Bonchev–Trinajstić information content (AvgIpc) is 2.41. The number of aromatic carboxylic acids is 1. The first-order chi connectivity index (χ1) is 9.81. The summed E-state index contributed by atoms with van der Waals surface area (Å²) < 4.78 is 26.8. The second-order valence-electron chi connectivity index (χ2n) is 4.23. The Labute approximate surface area is 126 Å². The topological polar surface area (TPSA) is 96.4 Å². The van der Waals surface area contributed by atoms with Gasteiger partial charge in [-0.25, -0.2) is 18.2 Å². The van der Waals surface area contributed by atoms with Crippen LogP contribution in [0.15, 0.2) is 41.4 Å². The molecule has 0 aliphatic carbocycles. The Morgan fingerprint density at radius 2 is 2.05 bits per heavy atom. The third-order valence-corrected chi connectivity index (χ3v) is 4.54. The minimum atomic E-state index is -3.89. The lowest BCUT2D eigenvalue weighted by Gasteiger charge is -2.11. The number of aryl methyl sites for hydroxylation is 1. The molecule has 0 aliphatic rings. The van der Waals surface area contributed by atoms with Gasteiger partial charge in [0.2, 0.25) is 0 Å². The van der Waals surface area contributed by atoms with E-state index >= 15 is 0 Å². The van der Waals surface area contributed by atoms with E-state index in [0.29, 0.717) is 5.56 Å². The van der Waals surface area contributed by atoms with Crippen LogP contribution in [0, 0.1) is 6.92 Å². The van der Waals surface area contributed by atoms with E-state index in [0.717, 1.165) is 0 Å². The molecule has 0 spiro atoms. The molecule has 0 saturated carbocycles. The van der Waals surface area contributed by atoms with E-state index in [2.05, 4.69) is 9.71 Å². The van der Waals surface area contributed by atoms with Crippen molar-refractivity contribution >= 4 is 33.3 Å². The predicted molar refractivity (Wildman–Crippen MR) is 78.2 cm³/mol. The van der Waals surface area contributed by atoms with Crippen LogP contribution in [-0.2, 0) is 10.0 Å². The molecule has 1 heterocycles. The lowest BCUT2D eigenvalue weighted by atomic mass is 10.1.